The number of hydrogen-bond donors (Lipinski definition) is 2. The van der Waals surface area contributed by atoms with Gasteiger partial charge in [-0.15, -0.1) is 0 Å². The Labute approximate surface area is 132 Å². The number of carbonyl (C=O) groups is 1. The predicted octanol–water partition coefficient (Wildman–Crippen LogP) is 1.12. The second-order valence-electron chi connectivity index (χ2n) is 4.69. The third-order valence-electron chi connectivity index (χ3n) is 3.33. The predicted molar refractivity (Wildman–Crippen MR) is 84.0 cm³/mol. The lowest BCUT2D eigenvalue weighted by molar-refractivity contribution is -0.112. The molecule has 0 spiro atoms. The average molecular weight is 332 g/mol. The summed E-state index contributed by atoms with van der Waals surface area (Å²) in [6, 6.07) is 7.89. The van der Waals surface area contributed by atoms with E-state index in [1.807, 2.05) is 0 Å². The highest BCUT2D eigenvalue weighted by molar-refractivity contribution is 7.97. The second kappa shape index (κ2) is 5.36. The molecule has 0 saturated heterocycles. The van der Waals surface area contributed by atoms with Gasteiger partial charge >= 0.3 is 0 Å². The maximum absolute atomic E-state index is 12.5. The summed E-state index contributed by atoms with van der Waals surface area (Å²) in [4.78, 5) is 19.2. The molecular weight excluding hydrogens is 320 g/mol. The highest BCUT2D eigenvalue weighted by atomic mass is 32.2. The fourth-order valence-corrected chi connectivity index (χ4v) is 3.54. The summed E-state index contributed by atoms with van der Waals surface area (Å²) in [7, 11) is -2.88. The standard InChI is InChI=1S/C14H12N4O4S/c1-18-10-6-3-2-5-9(10)11(19)12(23(18,21)22)13(20)17-14-15-7-4-8-16-14/h2-8,19H,1H3,(H,15,16,17,20). The number of aliphatic hydroxyl groups is 1. The Bertz CT molecular complexity index is 909. The van der Waals surface area contributed by atoms with Crippen molar-refractivity contribution in [2.45, 2.75) is 0 Å². The van der Waals surface area contributed by atoms with Crippen molar-refractivity contribution in [3.63, 3.8) is 0 Å². The molecule has 1 aromatic heterocycles. The number of anilines is 2. The first kappa shape index (κ1) is 15.0. The largest absolute Gasteiger partial charge is 0.506 e. The lowest BCUT2D eigenvalue weighted by Gasteiger charge is -2.28. The summed E-state index contributed by atoms with van der Waals surface area (Å²) in [5.41, 5.74) is 0.543. The van der Waals surface area contributed by atoms with Crippen LogP contribution in [0.25, 0.3) is 5.76 Å². The quantitative estimate of drug-likeness (QED) is 0.852. The van der Waals surface area contributed by atoms with Gasteiger partial charge in [-0.3, -0.25) is 14.4 Å². The van der Waals surface area contributed by atoms with E-state index in [4.69, 9.17) is 0 Å². The fraction of sp³-hybridized carbons (Fsp3) is 0.0714. The van der Waals surface area contributed by atoms with E-state index in [1.165, 1.54) is 31.6 Å². The number of hydrogen-bond acceptors (Lipinski definition) is 6. The molecule has 0 unspecified atom stereocenters. The first-order chi connectivity index (χ1) is 10.9. The topological polar surface area (TPSA) is 112 Å². The number of aromatic nitrogens is 2. The normalized spacial score (nSPS) is 16.0. The number of carbonyl (C=O) groups excluding carboxylic acids is 1. The molecule has 1 aliphatic rings. The maximum atomic E-state index is 12.5. The molecule has 1 aromatic carbocycles. The van der Waals surface area contributed by atoms with Crippen molar-refractivity contribution < 1.29 is 18.3 Å². The first-order valence-electron chi connectivity index (χ1n) is 6.53. The fourth-order valence-electron chi connectivity index (χ4n) is 2.21. The van der Waals surface area contributed by atoms with Gasteiger partial charge in [-0.05, 0) is 18.2 Å². The summed E-state index contributed by atoms with van der Waals surface area (Å²) in [6.45, 7) is 0. The molecule has 0 atom stereocenters. The molecule has 23 heavy (non-hydrogen) atoms. The zero-order chi connectivity index (χ0) is 16.6. The van der Waals surface area contributed by atoms with Crippen LogP contribution in [0.2, 0.25) is 0 Å². The van der Waals surface area contributed by atoms with Gasteiger partial charge in [-0.1, -0.05) is 12.1 Å². The highest BCUT2D eigenvalue weighted by Gasteiger charge is 2.39. The molecular formula is C14H12N4O4S. The molecule has 0 aliphatic carbocycles. The minimum absolute atomic E-state index is 0.0606. The van der Waals surface area contributed by atoms with E-state index in [-0.39, 0.29) is 17.2 Å². The molecule has 0 saturated carbocycles. The van der Waals surface area contributed by atoms with E-state index >= 15 is 0 Å². The summed E-state index contributed by atoms with van der Waals surface area (Å²) >= 11 is 0. The van der Waals surface area contributed by atoms with Crippen molar-refractivity contribution in [2.24, 2.45) is 0 Å². The zero-order valence-corrected chi connectivity index (χ0v) is 12.8. The minimum atomic E-state index is -4.19. The summed E-state index contributed by atoms with van der Waals surface area (Å²) in [6.07, 6.45) is 2.79. The third-order valence-corrected chi connectivity index (χ3v) is 5.14. The van der Waals surface area contributed by atoms with Gasteiger partial charge in [-0.25, -0.2) is 18.4 Å². The number of para-hydroxylation sites is 1. The van der Waals surface area contributed by atoms with Crippen molar-refractivity contribution in [1.82, 2.24) is 9.97 Å². The number of fused-ring (bicyclic) bond motifs is 1. The van der Waals surface area contributed by atoms with Crippen molar-refractivity contribution in [2.75, 3.05) is 16.7 Å². The SMILES string of the molecule is CN1c2ccccc2C(O)=C(C(=O)Nc2ncccn2)S1(=O)=O. The third kappa shape index (κ3) is 2.40. The van der Waals surface area contributed by atoms with Crippen LogP contribution in [0.4, 0.5) is 11.6 Å². The maximum Gasteiger partial charge on any atom is 0.275 e. The van der Waals surface area contributed by atoms with Crippen LogP contribution < -0.4 is 9.62 Å². The number of nitrogens with zero attached hydrogens (tertiary/aromatic N) is 3. The Morgan fingerprint density at radius 2 is 1.83 bits per heavy atom. The summed E-state index contributed by atoms with van der Waals surface area (Å²) < 4.78 is 26.0. The van der Waals surface area contributed by atoms with Gasteiger partial charge in [0.2, 0.25) is 5.95 Å². The molecule has 0 radical (unpaired) electrons. The lowest BCUT2D eigenvalue weighted by atomic mass is 10.1. The Balaban J connectivity index is 2.11. The number of rotatable bonds is 2. The molecule has 8 nitrogen and oxygen atoms in total. The first-order valence-corrected chi connectivity index (χ1v) is 7.97. The van der Waals surface area contributed by atoms with E-state index in [2.05, 4.69) is 15.3 Å². The molecule has 0 bridgehead atoms. The van der Waals surface area contributed by atoms with Crippen molar-refractivity contribution in [3.8, 4) is 0 Å². The molecule has 1 aliphatic heterocycles. The minimum Gasteiger partial charge on any atom is -0.506 e. The van der Waals surface area contributed by atoms with Crippen LogP contribution in [-0.2, 0) is 14.8 Å². The van der Waals surface area contributed by atoms with Crippen LogP contribution in [0.15, 0.2) is 47.6 Å². The number of aliphatic hydroxyl groups excluding tert-OH is 1. The highest BCUT2D eigenvalue weighted by Crippen LogP contribution is 2.37. The van der Waals surface area contributed by atoms with Crippen LogP contribution in [0.3, 0.4) is 0 Å². The molecule has 118 valence electrons. The monoisotopic (exact) mass is 332 g/mol. The average Bonchev–Trinajstić information content (AvgIpc) is 2.54. The van der Waals surface area contributed by atoms with Gasteiger partial charge in [0.1, 0.15) is 0 Å². The molecule has 2 aromatic rings. The van der Waals surface area contributed by atoms with E-state index < -0.39 is 26.6 Å². The van der Waals surface area contributed by atoms with Gasteiger partial charge in [-0.2, -0.15) is 0 Å². The van der Waals surface area contributed by atoms with Gasteiger partial charge in [0.05, 0.1) is 5.69 Å². The Morgan fingerprint density at radius 1 is 1.17 bits per heavy atom. The van der Waals surface area contributed by atoms with Gasteiger partial charge in [0.15, 0.2) is 10.7 Å². The van der Waals surface area contributed by atoms with Gasteiger partial charge < -0.3 is 5.11 Å². The van der Waals surface area contributed by atoms with E-state index in [1.54, 1.807) is 18.2 Å². The van der Waals surface area contributed by atoms with E-state index in [0.29, 0.717) is 0 Å². The number of benzene rings is 1. The van der Waals surface area contributed by atoms with Crippen LogP contribution in [0.5, 0.6) is 0 Å². The zero-order valence-electron chi connectivity index (χ0n) is 12.0. The van der Waals surface area contributed by atoms with E-state index in [0.717, 1.165) is 4.31 Å². The molecule has 2 N–H and O–H groups in total. The van der Waals surface area contributed by atoms with Crippen LogP contribution in [-0.4, -0.2) is 36.4 Å². The van der Waals surface area contributed by atoms with Crippen molar-refractivity contribution in [1.29, 1.82) is 0 Å². The Kier molecular flexibility index (Phi) is 3.49. The molecule has 3 rings (SSSR count). The smallest absolute Gasteiger partial charge is 0.275 e. The molecule has 1 amide bonds. The summed E-state index contributed by atoms with van der Waals surface area (Å²) in [5, 5.41) is 12.6. The van der Waals surface area contributed by atoms with E-state index in [9.17, 15) is 18.3 Å². The lowest BCUT2D eigenvalue weighted by Crippen LogP contribution is -2.37. The van der Waals surface area contributed by atoms with Crippen LogP contribution >= 0.6 is 0 Å². The van der Waals surface area contributed by atoms with Crippen LogP contribution in [0.1, 0.15) is 5.56 Å². The molecule has 9 heteroatoms. The van der Waals surface area contributed by atoms with Gasteiger partial charge in [0.25, 0.3) is 15.9 Å². The molecule has 2 heterocycles. The van der Waals surface area contributed by atoms with Crippen LogP contribution in [0, 0.1) is 0 Å². The summed E-state index contributed by atoms with van der Waals surface area (Å²) in [5.74, 6) is -1.67. The van der Waals surface area contributed by atoms with Crippen molar-refractivity contribution >= 4 is 33.3 Å². The van der Waals surface area contributed by atoms with Crippen molar-refractivity contribution in [3.05, 3.63) is 53.2 Å². The number of nitrogens with one attached hydrogen (secondary N) is 1. The Hall–Kier alpha value is -2.94. The molecule has 0 fully saturated rings. The number of amides is 1. The Morgan fingerprint density at radius 3 is 2.52 bits per heavy atom. The number of sulfonamides is 1. The second-order valence-corrected chi connectivity index (χ2v) is 6.60. The van der Waals surface area contributed by atoms with Gasteiger partial charge in [0, 0.05) is 25.0 Å².